The van der Waals surface area contributed by atoms with Gasteiger partial charge in [-0.3, -0.25) is 67.3 Å². The topological polar surface area (TPSA) is 443 Å². The molecule has 35 heteroatoms. The molecule has 10 amide bonds. The number of hydrogen-bond donors (Lipinski definition) is 9. The quantitative estimate of drug-likeness (QED) is 0.0144. The molecule has 2 fully saturated rings. The van der Waals surface area contributed by atoms with E-state index in [0.29, 0.717) is 51.7 Å². The lowest BCUT2D eigenvalue weighted by Crippen LogP contribution is -2.58. The van der Waals surface area contributed by atoms with E-state index in [-0.39, 0.29) is 256 Å². The summed E-state index contributed by atoms with van der Waals surface area (Å²) < 4.78 is 47.7. The highest BCUT2D eigenvalue weighted by Gasteiger charge is 2.44. The normalized spacial score (nSPS) is 17.8. The molecule has 3 rings (SSSR count). The number of carbonyl (C=O) groups is 13. The Morgan fingerprint density at radius 3 is 1.63 bits per heavy atom. The molecular weight excluding hydrogens is 1600 g/mol. The van der Waals surface area contributed by atoms with Crippen LogP contribution in [-0.4, -0.2) is 308 Å². The zero-order chi connectivity index (χ0) is 92.3. The van der Waals surface area contributed by atoms with Gasteiger partial charge in [-0.25, -0.2) is 4.79 Å². The summed E-state index contributed by atoms with van der Waals surface area (Å²) in [5.74, 6) is -5.15. The summed E-state index contributed by atoms with van der Waals surface area (Å²) >= 11 is 0. The van der Waals surface area contributed by atoms with Crippen LogP contribution in [0.3, 0.4) is 0 Å². The van der Waals surface area contributed by atoms with E-state index in [2.05, 4.69) is 58.0 Å². The largest absolute Gasteiger partial charge is 0.464 e. The van der Waals surface area contributed by atoms with Crippen molar-refractivity contribution in [3.8, 4) is 0 Å². The minimum Gasteiger partial charge on any atom is -0.464 e. The number of imide groups is 1. The first kappa shape index (κ1) is 111. The molecule has 0 spiro atoms. The molecule has 704 valence electrons. The number of ether oxygens (including phenoxy) is 9. The number of likely N-dealkylation sites (N-methyl/N-ethyl adjacent to an activating group) is 2. The molecule has 2 saturated heterocycles. The van der Waals surface area contributed by atoms with Crippen LogP contribution in [0.4, 0.5) is 0 Å². The fraction of sp³-hybridized carbons (Fsp3) is 0.784. The van der Waals surface area contributed by atoms with Crippen molar-refractivity contribution in [2.45, 2.75) is 261 Å². The SMILES string of the molecule is CCC(CO)OC(COC(=O)CCCC(=O)NCCNC(=O)CCOCCOCCNC(=O)CCN1C(=O)C(C)C(C)C1=O)OC.CCC(CO)OC(COC(=O)CCCC(=O)N[C@@H](C)C(=O)OCCCNC[C@H](Cc1ccccc1)NC(=O)[C@H](C)C(C)[C@@H]1CCCN1C(=O)C[C@@H](C)[C@H]([C@@H](C)CC)N(C)C(=O)[C@@H](NC(=O)[C@H](C(C)C)N(C)C)C(C)C)OC. The van der Waals surface area contributed by atoms with Crippen LogP contribution in [0, 0.1) is 47.3 Å². The Labute approximate surface area is 730 Å². The Kier molecular flexibility index (Phi) is 56.3. The van der Waals surface area contributed by atoms with Gasteiger partial charge in [0.05, 0.1) is 64.5 Å². The van der Waals surface area contributed by atoms with Gasteiger partial charge < -0.3 is 99.9 Å². The number of amides is 10. The van der Waals surface area contributed by atoms with Crippen LogP contribution in [0.2, 0.25) is 0 Å². The van der Waals surface area contributed by atoms with Gasteiger partial charge in [-0.15, -0.1) is 0 Å². The van der Waals surface area contributed by atoms with Crippen molar-refractivity contribution in [2.24, 2.45) is 47.3 Å². The van der Waals surface area contributed by atoms with Gasteiger partial charge in [-0.05, 0) is 114 Å². The summed E-state index contributed by atoms with van der Waals surface area (Å²) in [6, 6.07) is 7.28. The first-order valence-corrected chi connectivity index (χ1v) is 44.2. The van der Waals surface area contributed by atoms with Crippen LogP contribution in [0.1, 0.15) is 199 Å². The lowest BCUT2D eigenvalue weighted by molar-refractivity contribution is -0.194. The van der Waals surface area contributed by atoms with E-state index in [9.17, 15) is 72.5 Å². The van der Waals surface area contributed by atoms with E-state index in [4.69, 9.17) is 42.6 Å². The first-order valence-electron chi connectivity index (χ1n) is 44.2. The van der Waals surface area contributed by atoms with Gasteiger partial charge in [0, 0.05) is 141 Å². The summed E-state index contributed by atoms with van der Waals surface area (Å²) in [6.07, 6.45) is 3.27. The molecule has 0 bridgehead atoms. The second-order valence-electron chi connectivity index (χ2n) is 33.0. The average molecular weight is 1750 g/mol. The third-order valence-electron chi connectivity index (χ3n) is 22.4. The van der Waals surface area contributed by atoms with Crippen LogP contribution in [0.25, 0.3) is 0 Å². The molecule has 9 N–H and O–H groups in total. The highest BCUT2D eigenvalue weighted by Crippen LogP contribution is 2.33. The van der Waals surface area contributed by atoms with Gasteiger partial charge in [0.25, 0.3) is 0 Å². The number of nitrogens with one attached hydrogen (secondary N) is 7. The third-order valence-corrected chi connectivity index (χ3v) is 22.4. The lowest BCUT2D eigenvalue weighted by Gasteiger charge is -2.40. The second kappa shape index (κ2) is 62.3. The van der Waals surface area contributed by atoms with Crippen molar-refractivity contribution >= 4 is 77.0 Å². The van der Waals surface area contributed by atoms with Crippen molar-refractivity contribution in [3.63, 3.8) is 0 Å². The molecule has 7 unspecified atom stereocenters. The van der Waals surface area contributed by atoms with Gasteiger partial charge in [0.2, 0.25) is 59.1 Å². The maximum Gasteiger partial charge on any atom is 0.328 e. The smallest absolute Gasteiger partial charge is 0.328 e. The van der Waals surface area contributed by atoms with E-state index < -0.39 is 66.6 Å². The van der Waals surface area contributed by atoms with Crippen LogP contribution < -0.4 is 37.2 Å². The van der Waals surface area contributed by atoms with E-state index in [0.717, 1.165) is 29.7 Å². The van der Waals surface area contributed by atoms with E-state index >= 15 is 0 Å². The molecule has 0 radical (unpaired) electrons. The number of rotatable bonds is 63. The van der Waals surface area contributed by atoms with Crippen LogP contribution in [0.15, 0.2) is 30.3 Å². The molecule has 0 saturated carbocycles. The predicted octanol–water partition coefficient (Wildman–Crippen LogP) is 4.37. The molecular formula is C88H153N11O24. The number of aliphatic hydroxyl groups is 2. The summed E-state index contributed by atoms with van der Waals surface area (Å²) in [7, 11) is 8.35. The number of hydrogen-bond acceptors (Lipinski definition) is 26. The minimum absolute atomic E-state index is 0.00357. The molecule has 123 heavy (non-hydrogen) atoms. The van der Waals surface area contributed by atoms with Crippen LogP contribution in [-0.2, 0) is 111 Å². The van der Waals surface area contributed by atoms with E-state index in [1.807, 2.05) is 110 Å². The Bertz CT molecular complexity index is 3270. The number of methoxy groups -OCH3 is 2. The van der Waals surface area contributed by atoms with Crippen molar-refractivity contribution < 1.29 is 115 Å². The van der Waals surface area contributed by atoms with Gasteiger partial charge in [-0.2, -0.15) is 0 Å². The molecule has 16 atom stereocenters. The highest BCUT2D eigenvalue weighted by atomic mass is 16.7. The average Bonchev–Trinajstić information content (AvgIpc) is 1.80. The van der Waals surface area contributed by atoms with Crippen molar-refractivity contribution in [1.82, 2.24) is 56.8 Å². The van der Waals surface area contributed by atoms with Gasteiger partial charge in [0.1, 0.15) is 25.3 Å². The zero-order valence-corrected chi connectivity index (χ0v) is 77.1. The molecule has 1 aromatic rings. The number of aliphatic hydroxyl groups excluding tert-OH is 2. The summed E-state index contributed by atoms with van der Waals surface area (Å²) in [5.41, 5.74) is 1.06. The van der Waals surface area contributed by atoms with Crippen LogP contribution in [0.5, 0.6) is 0 Å². The standard InChI is InChI=1S/C58H101N7O12.C30H52N4O12/c1-16-39(7)54(64(14)57(72)52(37(3)4)62-56(71)53(38(5)6)63(12)13)40(8)32-49(68)65-30-22-26-47(65)41(9)42(10)55(70)61-45(33-44-24-19-18-20-25-44)34-59-29-23-31-75-58(73)43(11)60-48(67)27-21-28-50(69)76-36-51(74-15)77-46(17-2)35-66;1-5-23(19-35)46-28(42-4)20-45-27(39)8-6-7-24(36)31-11-12-32-26(38)10-15-43-17-18-44-16-13-33-25(37)9-14-34-29(40)21(2)22(3)30(34)41/h18-20,24-25,37-43,45-47,51-54,59,66H,16-17,21-23,26-36H2,1-15H3,(H,60,67)(H,61,70)(H,62,71);21-23,28,35H,5-20H2,1-4H3,(H,31,36)(H,32,38)(H,33,37)/t39-,40+,41?,42+,43-,45-,46?,47-,51?,52-,53-,54-;/m0./s1. The van der Waals surface area contributed by atoms with Crippen molar-refractivity contribution in [1.29, 1.82) is 0 Å². The second-order valence-corrected chi connectivity index (χ2v) is 33.0. The van der Waals surface area contributed by atoms with Crippen molar-refractivity contribution in [3.05, 3.63) is 35.9 Å². The molecule has 2 aliphatic rings. The van der Waals surface area contributed by atoms with E-state index in [1.54, 1.807) is 25.8 Å². The number of carbonyl (C=O) groups excluding carboxylic acids is 13. The Morgan fingerprint density at radius 1 is 0.569 bits per heavy atom. The lowest BCUT2D eigenvalue weighted by atomic mass is 9.84. The van der Waals surface area contributed by atoms with Gasteiger partial charge in [-0.1, -0.05) is 127 Å². The Hall–Kier alpha value is -7.87. The molecule has 2 aliphatic heterocycles. The maximum absolute atomic E-state index is 14.4. The molecule has 0 aromatic heterocycles. The molecule has 1 aromatic carbocycles. The predicted molar refractivity (Wildman–Crippen MR) is 461 cm³/mol. The van der Waals surface area contributed by atoms with Gasteiger partial charge in [0.15, 0.2) is 12.6 Å². The fourth-order valence-electron chi connectivity index (χ4n) is 14.5. The number of benzene rings is 1. The molecule has 35 nitrogen and oxygen atoms in total. The monoisotopic (exact) mass is 1750 g/mol. The number of nitrogens with zero attached hydrogens (tertiary/aromatic N) is 4. The van der Waals surface area contributed by atoms with Crippen LogP contribution >= 0.6 is 0 Å². The Morgan fingerprint density at radius 2 is 1.11 bits per heavy atom. The first-order chi connectivity index (χ1) is 58.4. The molecule has 0 aliphatic carbocycles. The maximum atomic E-state index is 14.4. The Balaban J connectivity index is 0.000000948. The minimum atomic E-state index is -0.893. The number of likely N-dealkylation sites (tertiary alicyclic amines) is 2. The summed E-state index contributed by atoms with van der Waals surface area (Å²) in [5, 5.41) is 38.9. The van der Waals surface area contributed by atoms with Gasteiger partial charge >= 0.3 is 17.9 Å². The summed E-state index contributed by atoms with van der Waals surface area (Å²) in [4.78, 5) is 172. The number of esters is 3. The summed E-state index contributed by atoms with van der Waals surface area (Å²) in [6.45, 7) is 29.6. The zero-order valence-electron chi connectivity index (χ0n) is 77.1. The van der Waals surface area contributed by atoms with E-state index in [1.165, 1.54) is 21.1 Å². The third kappa shape index (κ3) is 42.8. The van der Waals surface area contributed by atoms with Crippen molar-refractivity contribution in [2.75, 3.05) is 141 Å². The molecule has 2 heterocycles. The fourth-order valence-corrected chi connectivity index (χ4v) is 14.5. The highest BCUT2D eigenvalue weighted by molar-refractivity contribution is 6.05.